The molecule has 1 aromatic carbocycles. The van der Waals surface area contributed by atoms with Gasteiger partial charge in [-0.2, -0.15) is 0 Å². The quantitative estimate of drug-likeness (QED) is 0.508. The number of non-ortho nitro benzene ring substituents is 1. The van der Waals surface area contributed by atoms with Gasteiger partial charge in [-0.25, -0.2) is 4.39 Å². The number of nitrogens with one attached hydrogen (secondary N) is 1. The average Bonchev–Trinajstić information content (AvgIpc) is 3.15. The van der Waals surface area contributed by atoms with Gasteiger partial charge in [0.15, 0.2) is 6.61 Å². The summed E-state index contributed by atoms with van der Waals surface area (Å²) in [6, 6.07) is 2.77. The second-order valence-corrected chi connectivity index (χ2v) is 4.90. The Balaban J connectivity index is 1.91. The molecule has 0 aromatic heterocycles. The molecule has 0 radical (unpaired) electrons. The molecule has 0 bridgehead atoms. The smallest absolute Gasteiger partial charge is 0.309 e. The molecular formula is C13H13FN2O5. The molecule has 21 heavy (non-hydrogen) atoms. The van der Waals surface area contributed by atoms with E-state index in [-0.39, 0.29) is 23.2 Å². The molecule has 0 saturated heterocycles. The largest absolute Gasteiger partial charge is 0.455 e. The summed E-state index contributed by atoms with van der Waals surface area (Å²) in [5.41, 5.74) is -0.680. The summed E-state index contributed by atoms with van der Waals surface area (Å²) in [4.78, 5) is 32.8. The molecule has 1 N–H and O–H groups in total. The van der Waals surface area contributed by atoms with E-state index in [9.17, 15) is 24.1 Å². The van der Waals surface area contributed by atoms with E-state index in [4.69, 9.17) is 4.74 Å². The lowest BCUT2D eigenvalue weighted by Gasteiger charge is -2.07. The number of anilines is 1. The van der Waals surface area contributed by atoms with Crippen molar-refractivity contribution in [3.05, 3.63) is 34.1 Å². The maximum atomic E-state index is 13.4. The normalized spacial score (nSPS) is 19.7. The topological polar surface area (TPSA) is 98.5 Å². The predicted molar refractivity (Wildman–Crippen MR) is 69.9 cm³/mol. The number of halogens is 1. The zero-order valence-corrected chi connectivity index (χ0v) is 11.2. The zero-order valence-electron chi connectivity index (χ0n) is 11.2. The van der Waals surface area contributed by atoms with Crippen LogP contribution in [-0.4, -0.2) is 23.4 Å². The molecule has 1 aliphatic carbocycles. The molecule has 1 fully saturated rings. The van der Waals surface area contributed by atoms with Crippen molar-refractivity contribution in [2.45, 2.75) is 13.3 Å². The van der Waals surface area contributed by atoms with Crippen molar-refractivity contribution in [2.75, 3.05) is 11.9 Å². The summed E-state index contributed by atoms with van der Waals surface area (Å²) < 4.78 is 18.2. The lowest BCUT2D eigenvalue weighted by atomic mass is 10.2. The van der Waals surface area contributed by atoms with Gasteiger partial charge < -0.3 is 10.1 Å². The number of amides is 1. The van der Waals surface area contributed by atoms with Crippen LogP contribution in [0.5, 0.6) is 0 Å². The van der Waals surface area contributed by atoms with Gasteiger partial charge >= 0.3 is 5.97 Å². The van der Waals surface area contributed by atoms with E-state index in [0.717, 1.165) is 24.6 Å². The Morgan fingerprint density at radius 3 is 2.76 bits per heavy atom. The van der Waals surface area contributed by atoms with Gasteiger partial charge in [0, 0.05) is 12.1 Å². The molecular weight excluding hydrogens is 283 g/mol. The number of nitro groups is 1. The van der Waals surface area contributed by atoms with Gasteiger partial charge in [-0.15, -0.1) is 0 Å². The first-order valence-corrected chi connectivity index (χ1v) is 6.29. The number of benzene rings is 1. The Morgan fingerprint density at radius 1 is 1.52 bits per heavy atom. The van der Waals surface area contributed by atoms with Crippen LogP contribution in [0.4, 0.5) is 15.8 Å². The van der Waals surface area contributed by atoms with E-state index in [1.807, 2.05) is 6.92 Å². The summed E-state index contributed by atoms with van der Waals surface area (Å²) in [5, 5.41) is 12.7. The fraction of sp³-hybridized carbons (Fsp3) is 0.385. The SMILES string of the molecule is C[C@H]1C[C@@H]1C(=O)OCC(=O)Nc1cc([N+](=O)[O-])ccc1F. The molecule has 0 aliphatic heterocycles. The molecule has 8 heteroatoms. The summed E-state index contributed by atoms with van der Waals surface area (Å²) >= 11 is 0. The van der Waals surface area contributed by atoms with Crippen molar-refractivity contribution in [3.63, 3.8) is 0 Å². The minimum absolute atomic E-state index is 0.174. The molecule has 0 unspecified atom stereocenters. The third-order valence-electron chi connectivity index (χ3n) is 3.19. The maximum Gasteiger partial charge on any atom is 0.309 e. The molecule has 1 aliphatic rings. The Hall–Kier alpha value is -2.51. The third-order valence-corrected chi connectivity index (χ3v) is 3.19. The highest BCUT2D eigenvalue weighted by atomic mass is 19.1. The molecule has 112 valence electrons. The van der Waals surface area contributed by atoms with Crippen LogP contribution in [0.2, 0.25) is 0 Å². The number of carbonyl (C=O) groups is 2. The molecule has 0 heterocycles. The standard InChI is InChI=1S/C13H13FN2O5/c1-7-4-9(7)13(18)21-6-12(17)15-11-5-8(16(19)20)2-3-10(11)14/h2-3,5,7,9H,4,6H2,1H3,(H,15,17)/t7-,9-/m0/s1. The number of rotatable bonds is 5. The Bertz CT molecular complexity index is 604. The van der Waals surface area contributed by atoms with Crippen LogP contribution in [0.3, 0.4) is 0 Å². The highest BCUT2D eigenvalue weighted by molar-refractivity contribution is 5.93. The number of nitro benzene ring substituents is 1. The van der Waals surface area contributed by atoms with Gasteiger partial charge in [-0.05, 0) is 18.4 Å². The summed E-state index contributed by atoms with van der Waals surface area (Å²) in [7, 11) is 0. The molecule has 1 aromatic rings. The molecule has 1 saturated carbocycles. The highest BCUT2D eigenvalue weighted by Crippen LogP contribution is 2.38. The summed E-state index contributed by atoms with van der Waals surface area (Å²) in [6.45, 7) is 1.34. The lowest BCUT2D eigenvalue weighted by Crippen LogP contribution is -2.22. The molecule has 7 nitrogen and oxygen atoms in total. The van der Waals surface area contributed by atoms with Gasteiger partial charge in [-0.1, -0.05) is 6.92 Å². The van der Waals surface area contributed by atoms with Crippen LogP contribution in [0.1, 0.15) is 13.3 Å². The fourth-order valence-electron chi connectivity index (χ4n) is 1.80. The molecule has 2 atom stereocenters. The second kappa shape index (κ2) is 5.86. The van der Waals surface area contributed by atoms with Crippen LogP contribution in [-0.2, 0) is 14.3 Å². The zero-order chi connectivity index (χ0) is 15.6. The van der Waals surface area contributed by atoms with E-state index in [0.29, 0.717) is 0 Å². The van der Waals surface area contributed by atoms with E-state index in [1.54, 1.807) is 0 Å². The van der Waals surface area contributed by atoms with Crippen molar-refractivity contribution in [1.29, 1.82) is 0 Å². The number of nitrogens with zero attached hydrogens (tertiary/aromatic N) is 1. The number of carbonyl (C=O) groups excluding carboxylic acids is 2. The number of esters is 1. The molecule has 1 amide bonds. The van der Waals surface area contributed by atoms with Crippen molar-refractivity contribution in [3.8, 4) is 0 Å². The summed E-state index contributed by atoms with van der Waals surface area (Å²) in [6.07, 6.45) is 0.736. The van der Waals surface area contributed by atoms with Crippen LogP contribution < -0.4 is 5.32 Å². The number of ether oxygens (including phenoxy) is 1. The molecule has 0 spiro atoms. The van der Waals surface area contributed by atoms with E-state index >= 15 is 0 Å². The highest BCUT2D eigenvalue weighted by Gasteiger charge is 2.40. The Labute approximate surface area is 119 Å². The number of hydrogen-bond donors (Lipinski definition) is 1. The van der Waals surface area contributed by atoms with Crippen molar-refractivity contribution in [2.24, 2.45) is 11.8 Å². The van der Waals surface area contributed by atoms with E-state index < -0.39 is 29.2 Å². The minimum Gasteiger partial charge on any atom is -0.455 e. The van der Waals surface area contributed by atoms with Crippen LogP contribution in [0.15, 0.2) is 18.2 Å². The molecule has 2 rings (SSSR count). The van der Waals surface area contributed by atoms with Crippen molar-refractivity contribution in [1.82, 2.24) is 0 Å². The second-order valence-electron chi connectivity index (χ2n) is 4.90. The Morgan fingerprint density at radius 2 is 2.19 bits per heavy atom. The van der Waals surface area contributed by atoms with Crippen LogP contribution in [0.25, 0.3) is 0 Å². The van der Waals surface area contributed by atoms with Gasteiger partial charge in [0.1, 0.15) is 5.82 Å². The predicted octanol–water partition coefficient (Wildman–Crippen LogP) is 1.87. The summed E-state index contributed by atoms with van der Waals surface area (Å²) in [5.74, 6) is -1.94. The Kier molecular flexibility index (Phi) is 4.15. The maximum absolute atomic E-state index is 13.4. The lowest BCUT2D eigenvalue weighted by molar-refractivity contribution is -0.384. The fourth-order valence-corrected chi connectivity index (χ4v) is 1.80. The first kappa shape index (κ1) is 14.9. The first-order chi connectivity index (χ1) is 9.88. The van der Waals surface area contributed by atoms with Gasteiger partial charge in [0.2, 0.25) is 0 Å². The average molecular weight is 296 g/mol. The van der Waals surface area contributed by atoms with Crippen LogP contribution in [0, 0.1) is 27.8 Å². The minimum atomic E-state index is -0.809. The van der Waals surface area contributed by atoms with Crippen LogP contribution >= 0.6 is 0 Å². The monoisotopic (exact) mass is 296 g/mol. The first-order valence-electron chi connectivity index (χ1n) is 6.29. The van der Waals surface area contributed by atoms with Gasteiger partial charge in [0.05, 0.1) is 16.5 Å². The van der Waals surface area contributed by atoms with Crippen molar-refractivity contribution < 1.29 is 23.6 Å². The van der Waals surface area contributed by atoms with E-state index in [1.165, 1.54) is 0 Å². The van der Waals surface area contributed by atoms with E-state index in [2.05, 4.69) is 5.32 Å². The van der Waals surface area contributed by atoms with Gasteiger partial charge in [-0.3, -0.25) is 19.7 Å². The third kappa shape index (κ3) is 3.74. The van der Waals surface area contributed by atoms with Crippen molar-refractivity contribution >= 4 is 23.3 Å². The van der Waals surface area contributed by atoms with Gasteiger partial charge in [0.25, 0.3) is 11.6 Å². The number of hydrogen-bond acceptors (Lipinski definition) is 5.